The van der Waals surface area contributed by atoms with Crippen molar-refractivity contribution < 1.29 is 4.79 Å². The zero-order valence-corrected chi connectivity index (χ0v) is 19.7. The molecule has 5 rings (SSSR count). The highest BCUT2D eigenvalue weighted by Gasteiger charge is 2.23. The van der Waals surface area contributed by atoms with E-state index in [9.17, 15) is 10.1 Å². The number of Topliss-reactive ketones (excluding diaryl/α,β-unsaturated/α-hetero) is 1. The molecule has 0 spiro atoms. The Labute approximate surface area is 204 Å². The zero-order valence-electron chi connectivity index (χ0n) is 19.0. The van der Waals surface area contributed by atoms with E-state index in [0.29, 0.717) is 39.7 Å². The predicted molar refractivity (Wildman–Crippen MR) is 131 cm³/mol. The van der Waals surface area contributed by atoms with Gasteiger partial charge in [-0.1, -0.05) is 11.6 Å². The van der Waals surface area contributed by atoms with Gasteiger partial charge in [0.1, 0.15) is 12.4 Å². The van der Waals surface area contributed by atoms with Gasteiger partial charge < -0.3 is 5.32 Å². The second-order valence-electron chi connectivity index (χ2n) is 7.93. The summed E-state index contributed by atoms with van der Waals surface area (Å²) in [6, 6.07) is 13.0. The van der Waals surface area contributed by atoms with Gasteiger partial charge in [-0.2, -0.15) is 15.5 Å². The summed E-state index contributed by atoms with van der Waals surface area (Å²) >= 11 is 6.58. The summed E-state index contributed by atoms with van der Waals surface area (Å²) in [6.07, 6.45) is 1.61. The molecule has 35 heavy (non-hydrogen) atoms. The van der Waals surface area contributed by atoms with Gasteiger partial charge in [-0.05, 0) is 57.2 Å². The molecular formula is C24H18ClN9O. The maximum Gasteiger partial charge on any atom is 0.171 e. The minimum Gasteiger partial charge on any atom is -0.339 e. The fraction of sp³-hybridized carbons (Fsp3) is 0.125. The van der Waals surface area contributed by atoms with Crippen LogP contribution in [0.2, 0.25) is 5.02 Å². The number of nitrogens with zero attached hydrogens (tertiary/aromatic N) is 7. The molecular weight excluding hydrogens is 466 g/mol. The molecule has 0 aliphatic carbocycles. The average Bonchev–Trinajstić information content (AvgIpc) is 3.43. The van der Waals surface area contributed by atoms with Gasteiger partial charge in [-0.15, -0.1) is 5.10 Å². The second kappa shape index (κ2) is 8.62. The Bertz CT molecular complexity index is 1640. The number of ketones is 1. The van der Waals surface area contributed by atoms with Gasteiger partial charge in [0, 0.05) is 16.9 Å². The number of rotatable bonds is 5. The first kappa shape index (κ1) is 22.2. The van der Waals surface area contributed by atoms with Gasteiger partial charge in [0.05, 0.1) is 33.0 Å². The van der Waals surface area contributed by atoms with E-state index in [1.807, 2.05) is 43.3 Å². The van der Waals surface area contributed by atoms with E-state index in [0.717, 1.165) is 16.9 Å². The van der Waals surface area contributed by atoms with E-state index in [1.54, 1.807) is 23.9 Å². The van der Waals surface area contributed by atoms with Crippen LogP contribution >= 0.6 is 11.6 Å². The number of carbonyl (C=O) groups excluding carboxylic acids is 1. The molecule has 0 radical (unpaired) electrons. The number of aromatic nitrogens is 7. The first-order chi connectivity index (χ1) is 16.9. The highest BCUT2D eigenvalue weighted by Crippen LogP contribution is 2.33. The van der Waals surface area contributed by atoms with E-state index in [-0.39, 0.29) is 16.5 Å². The lowest BCUT2D eigenvalue weighted by atomic mass is 10.0. The van der Waals surface area contributed by atoms with Gasteiger partial charge in [0.2, 0.25) is 0 Å². The lowest BCUT2D eigenvalue weighted by molar-refractivity contribution is 0.101. The Hall–Kier alpha value is -4.62. The number of nitriles is 1. The van der Waals surface area contributed by atoms with Crippen molar-refractivity contribution in [1.82, 2.24) is 34.9 Å². The van der Waals surface area contributed by atoms with Gasteiger partial charge in [0.25, 0.3) is 0 Å². The molecule has 0 saturated carbocycles. The minimum absolute atomic E-state index is 0.149. The number of H-pyrrole nitrogens is 1. The molecule has 0 fully saturated rings. The molecule has 2 N–H and O–H groups in total. The maximum absolute atomic E-state index is 12.4. The summed E-state index contributed by atoms with van der Waals surface area (Å²) in [5.41, 5.74) is 4.94. The van der Waals surface area contributed by atoms with Crippen LogP contribution in [-0.4, -0.2) is 40.7 Å². The van der Waals surface area contributed by atoms with E-state index >= 15 is 0 Å². The molecule has 0 amide bonds. The van der Waals surface area contributed by atoms with Gasteiger partial charge in [0.15, 0.2) is 23.1 Å². The van der Waals surface area contributed by atoms with Crippen LogP contribution < -0.4 is 5.32 Å². The molecule has 0 atom stereocenters. The van der Waals surface area contributed by atoms with Crippen LogP contribution in [0.3, 0.4) is 0 Å². The van der Waals surface area contributed by atoms with E-state index < -0.39 is 0 Å². The smallest absolute Gasteiger partial charge is 0.171 e. The first-order valence-corrected chi connectivity index (χ1v) is 10.9. The number of hydrogen-bond donors (Lipinski definition) is 2. The zero-order chi connectivity index (χ0) is 24.7. The molecule has 10 nitrogen and oxygen atoms in total. The molecule has 1 aromatic carbocycles. The van der Waals surface area contributed by atoms with Crippen molar-refractivity contribution in [2.24, 2.45) is 0 Å². The van der Waals surface area contributed by atoms with Crippen LogP contribution in [-0.2, 0) is 0 Å². The highest BCUT2D eigenvalue weighted by atomic mass is 35.5. The van der Waals surface area contributed by atoms with Crippen LogP contribution in [0.5, 0.6) is 0 Å². The normalized spacial score (nSPS) is 10.9. The monoisotopic (exact) mass is 483 g/mol. The average molecular weight is 484 g/mol. The number of anilines is 2. The van der Waals surface area contributed by atoms with E-state index in [1.165, 1.54) is 6.92 Å². The Morgan fingerprint density at radius 1 is 1.17 bits per heavy atom. The van der Waals surface area contributed by atoms with Crippen LogP contribution in [0.1, 0.15) is 34.4 Å². The third-order valence-electron chi connectivity index (χ3n) is 5.47. The van der Waals surface area contributed by atoms with Crippen molar-refractivity contribution in [2.75, 3.05) is 5.32 Å². The van der Waals surface area contributed by atoms with Crippen molar-refractivity contribution in [3.8, 4) is 23.1 Å². The van der Waals surface area contributed by atoms with Crippen LogP contribution in [0.15, 0.2) is 42.7 Å². The Morgan fingerprint density at radius 3 is 2.71 bits per heavy atom. The maximum atomic E-state index is 12.4. The van der Waals surface area contributed by atoms with Crippen LogP contribution in [0.25, 0.3) is 28.1 Å². The minimum atomic E-state index is -0.226. The molecule has 172 valence electrons. The van der Waals surface area contributed by atoms with Crippen molar-refractivity contribution in [1.29, 1.82) is 5.26 Å². The van der Waals surface area contributed by atoms with Gasteiger partial charge >= 0.3 is 0 Å². The molecule has 11 heteroatoms. The highest BCUT2D eigenvalue weighted by molar-refractivity contribution is 6.32. The quantitative estimate of drug-likeness (QED) is 0.343. The fourth-order valence-electron chi connectivity index (χ4n) is 3.78. The summed E-state index contributed by atoms with van der Waals surface area (Å²) < 4.78 is 1.74. The van der Waals surface area contributed by atoms with Crippen LogP contribution in [0.4, 0.5) is 11.5 Å². The number of nitrogens with one attached hydrogen (secondary N) is 2. The summed E-state index contributed by atoms with van der Waals surface area (Å²) in [6.45, 7) is 5.07. The number of imidazole rings is 1. The van der Waals surface area contributed by atoms with Gasteiger partial charge in [-0.25, -0.2) is 9.97 Å². The predicted octanol–water partition coefficient (Wildman–Crippen LogP) is 4.69. The molecule has 0 aliphatic rings. The van der Waals surface area contributed by atoms with Gasteiger partial charge in [-0.3, -0.25) is 14.5 Å². The summed E-state index contributed by atoms with van der Waals surface area (Å²) in [5, 5.41) is 28.0. The molecule has 0 saturated heterocycles. The number of carbonyl (C=O) groups is 1. The Morgan fingerprint density at radius 2 is 2.00 bits per heavy atom. The molecule has 4 heterocycles. The van der Waals surface area contributed by atoms with Crippen molar-refractivity contribution in [2.45, 2.75) is 20.8 Å². The second-order valence-corrected chi connectivity index (χ2v) is 8.34. The number of fused-ring (bicyclic) bond motifs is 1. The number of benzene rings is 1. The standard InChI is InChI=1S/C24H18ClN9O/c1-12-4-7-21(33-30-12)28-15-5-6-20-18(8-15)27-11-34(20)24-17(25)9-16(14(3)35)23(29-24)22-13(2)31-32-19(22)10-26/h4-9,11H,1-3H3,(H,28,33)(H,31,32). The summed E-state index contributed by atoms with van der Waals surface area (Å²) in [7, 11) is 0. The largest absolute Gasteiger partial charge is 0.339 e. The third kappa shape index (κ3) is 3.98. The van der Waals surface area contributed by atoms with E-state index in [2.05, 4.69) is 30.7 Å². The lowest BCUT2D eigenvalue weighted by Gasteiger charge is -2.12. The Balaban J connectivity index is 1.61. The third-order valence-corrected chi connectivity index (χ3v) is 5.75. The number of pyridine rings is 1. The summed E-state index contributed by atoms with van der Waals surface area (Å²) in [5.74, 6) is 0.770. The van der Waals surface area contributed by atoms with Crippen molar-refractivity contribution >= 4 is 39.9 Å². The molecule has 0 aliphatic heterocycles. The number of hydrogen-bond acceptors (Lipinski definition) is 8. The molecule has 0 bridgehead atoms. The molecule has 5 aromatic rings. The van der Waals surface area contributed by atoms with E-state index in [4.69, 9.17) is 16.6 Å². The number of halogens is 1. The van der Waals surface area contributed by atoms with Crippen molar-refractivity contribution in [3.05, 3.63) is 70.4 Å². The number of aryl methyl sites for hydroxylation is 2. The Kier molecular flexibility index (Phi) is 5.47. The summed E-state index contributed by atoms with van der Waals surface area (Å²) in [4.78, 5) is 21.6. The topological polar surface area (TPSA) is 138 Å². The SMILES string of the molecule is CC(=O)c1cc(Cl)c(-n2cnc3cc(Nc4ccc(C)nn4)ccc32)nc1-c1c(C#N)n[nH]c1C. The first-order valence-electron chi connectivity index (χ1n) is 10.6. The number of aromatic amines is 1. The molecule has 0 unspecified atom stereocenters. The fourth-order valence-corrected chi connectivity index (χ4v) is 4.02. The molecule has 4 aromatic heterocycles. The van der Waals surface area contributed by atoms with Crippen molar-refractivity contribution in [3.63, 3.8) is 0 Å². The van der Waals surface area contributed by atoms with Crippen LogP contribution in [0, 0.1) is 25.2 Å². The lowest BCUT2D eigenvalue weighted by Crippen LogP contribution is -2.06.